The number of aromatic nitrogens is 1. The Morgan fingerprint density at radius 3 is 2.40 bits per heavy atom. The van der Waals surface area contributed by atoms with E-state index in [1.807, 2.05) is 12.4 Å². The lowest BCUT2D eigenvalue weighted by Gasteiger charge is -2.22. The van der Waals surface area contributed by atoms with E-state index in [1.54, 1.807) is 0 Å². The van der Waals surface area contributed by atoms with Crippen molar-refractivity contribution in [1.82, 2.24) is 10.3 Å². The van der Waals surface area contributed by atoms with Gasteiger partial charge in [-0.1, -0.05) is 19.1 Å². The minimum Gasteiger partial charge on any atom is -0.306 e. The number of nitrogens with one attached hydrogen (secondary N) is 1. The van der Waals surface area contributed by atoms with Crippen LogP contribution in [-0.2, 0) is 0 Å². The lowest BCUT2D eigenvalue weighted by molar-refractivity contribution is 0.625. The number of pyridine rings is 1. The van der Waals surface area contributed by atoms with E-state index in [2.05, 4.69) is 72.1 Å². The fourth-order valence-corrected chi connectivity index (χ4v) is 2.87. The third-order valence-corrected chi connectivity index (χ3v) is 4.09. The van der Waals surface area contributed by atoms with Gasteiger partial charge in [0, 0.05) is 16.9 Å². The fraction of sp³-hybridized carbons (Fsp3) is 0.353. The van der Waals surface area contributed by atoms with Crippen molar-refractivity contribution in [3.05, 3.63) is 62.9 Å². The summed E-state index contributed by atoms with van der Waals surface area (Å²) in [6, 6.07) is 6.87. The molecular weight excluding hydrogens is 312 g/mol. The second-order valence-electron chi connectivity index (χ2n) is 5.22. The maximum absolute atomic E-state index is 4.30. The monoisotopic (exact) mass is 332 g/mol. The number of aryl methyl sites for hydroxylation is 3. The minimum absolute atomic E-state index is 0.185. The molecule has 0 aliphatic heterocycles. The van der Waals surface area contributed by atoms with Gasteiger partial charge in [0.15, 0.2) is 0 Å². The molecule has 0 radical (unpaired) electrons. The SMILES string of the molecule is CCNC(c1cncc(Br)c1)c1cc(C)c(C)cc1C. The van der Waals surface area contributed by atoms with Gasteiger partial charge >= 0.3 is 0 Å². The summed E-state index contributed by atoms with van der Waals surface area (Å²) in [4.78, 5) is 4.30. The van der Waals surface area contributed by atoms with Crippen molar-refractivity contribution in [2.45, 2.75) is 33.7 Å². The Hall–Kier alpha value is -1.19. The molecule has 1 unspecified atom stereocenters. The maximum atomic E-state index is 4.30. The summed E-state index contributed by atoms with van der Waals surface area (Å²) in [7, 11) is 0. The van der Waals surface area contributed by atoms with E-state index >= 15 is 0 Å². The van der Waals surface area contributed by atoms with E-state index < -0.39 is 0 Å². The zero-order valence-corrected chi connectivity index (χ0v) is 14.1. The predicted octanol–water partition coefficient (Wildman–Crippen LogP) is 4.47. The first kappa shape index (κ1) is 15.2. The zero-order chi connectivity index (χ0) is 14.7. The van der Waals surface area contributed by atoms with Crippen LogP contribution in [0.2, 0.25) is 0 Å². The summed E-state index contributed by atoms with van der Waals surface area (Å²) < 4.78 is 1.01. The van der Waals surface area contributed by atoms with Gasteiger partial charge in [0.1, 0.15) is 0 Å². The summed E-state index contributed by atoms with van der Waals surface area (Å²) in [5, 5.41) is 3.57. The Morgan fingerprint density at radius 1 is 1.05 bits per heavy atom. The minimum atomic E-state index is 0.185. The van der Waals surface area contributed by atoms with E-state index in [9.17, 15) is 0 Å². The highest BCUT2D eigenvalue weighted by Gasteiger charge is 2.16. The van der Waals surface area contributed by atoms with Crippen LogP contribution in [0.4, 0.5) is 0 Å². The summed E-state index contributed by atoms with van der Waals surface area (Å²) in [6.45, 7) is 9.56. The standard InChI is InChI=1S/C17H21BrN2/c1-5-20-17(14-8-15(18)10-19-9-14)16-7-12(3)11(2)6-13(16)4/h6-10,17,20H,5H2,1-4H3. The number of benzene rings is 1. The molecule has 1 atom stereocenters. The molecule has 0 fully saturated rings. The molecule has 106 valence electrons. The number of hydrogen-bond acceptors (Lipinski definition) is 2. The topological polar surface area (TPSA) is 24.9 Å². The Balaban J connectivity index is 2.51. The van der Waals surface area contributed by atoms with Gasteiger partial charge in [-0.05, 0) is 77.1 Å². The van der Waals surface area contributed by atoms with Crippen LogP contribution in [-0.4, -0.2) is 11.5 Å². The van der Waals surface area contributed by atoms with Crippen molar-refractivity contribution in [3.63, 3.8) is 0 Å². The average molecular weight is 333 g/mol. The first-order chi connectivity index (χ1) is 9.52. The lowest BCUT2D eigenvalue weighted by atomic mass is 9.92. The summed E-state index contributed by atoms with van der Waals surface area (Å²) in [5.41, 5.74) is 6.51. The molecule has 0 saturated heterocycles. The van der Waals surface area contributed by atoms with Gasteiger partial charge in [-0.15, -0.1) is 0 Å². The molecule has 1 aromatic carbocycles. The highest BCUT2D eigenvalue weighted by atomic mass is 79.9. The van der Waals surface area contributed by atoms with Crippen LogP contribution in [0.5, 0.6) is 0 Å². The quantitative estimate of drug-likeness (QED) is 0.893. The van der Waals surface area contributed by atoms with Gasteiger partial charge in [-0.2, -0.15) is 0 Å². The van der Waals surface area contributed by atoms with Crippen molar-refractivity contribution < 1.29 is 0 Å². The molecule has 0 aliphatic carbocycles. The van der Waals surface area contributed by atoms with Crippen LogP contribution < -0.4 is 5.32 Å². The van der Waals surface area contributed by atoms with Crippen molar-refractivity contribution >= 4 is 15.9 Å². The normalized spacial score (nSPS) is 12.4. The van der Waals surface area contributed by atoms with Gasteiger partial charge in [0.05, 0.1) is 6.04 Å². The largest absolute Gasteiger partial charge is 0.306 e. The number of halogens is 1. The van der Waals surface area contributed by atoms with E-state index in [0.29, 0.717) is 0 Å². The summed E-state index contributed by atoms with van der Waals surface area (Å²) in [5.74, 6) is 0. The van der Waals surface area contributed by atoms with Crippen molar-refractivity contribution in [2.24, 2.45) is 0 Å². The van der Waals surface area contributed by atoms with E-state index in [4.69, 9.17) is 0 Å². The molecule has 2 aromatic rings. The second kappa shape index (κ2) is 6.51. The van der Waals surface area contributed by atoms with Crippen LogP contribution in [0, 0.1) is 20.8 Å². The molecule has 1 N–H and O–H groups in total. The molecule has 0 bridgehead atoms. The predicted molar refractivity (Wildman–Crippen MR) is 88.1 cm³/mol. The second-order valence-corrected chi connectivity index (χ2v) is 6.14. The molecule has 2 rings (SSSR count). The molecule has 20 heavy (non-hydrogen) atoms. The molecule has 3 heteroatoms. The summed E-state index contributed by atoms with van der Waals surface area (Å²) >= 11 is 3.51. The van der Waals surface area contributed by atoms with Gasteiger partial charge < -0.3 is 5.32 Å². The Morgan fingerprint density at radius 2 is 1.75 bits per heavy atom. The van der Waals surface area contributed by atoms with E-state index in [0.717, 1.165) is 11.0 Å². The van der Waals surface area contributed by atoms with Crippen molar-refractivity contribution in [3.8, 4) is 0 Å². The third-order valence-electron chi connectivity index (χ3n) is 3.66. The molecular formula is C17H21BrN2. The Kier molecular flexibility index (Phi) is 4.95. The van der Waals surface area contributed by atoms with Gasteiger partial charge in [0.25, 0.3) is 0 Å². The van der Waals surface area contributed by atoms with Crippen LogP contribution in [0.3, 0.4) is 0 Å². The van der Waals surface area contributed by atoms with Crippen LogP contribution in [0.1, 0.15) is 40.8 Å². The molecule has 0 amide bonds. The van der Waals surface area contributed by atoms with Crippen LogP contribution >= 0.6 is 15.9 Å². The smallest absolute Gasteiger partial charge is 0.0594 e. The first-order valence-corrected chi connectivity index (χ1v) is 7.73. The van der Waals surface area contributed by atoms with Crippen LogP contribution in [0.15, 0.2) is 35.1 Å². The highest BCUT2D eigenvalue weighted by Crippen LogP contribution is 2.28. The average Bonchev–Trinajstić information content (AvgIpc) is 2.40. The van der Waals surface area contributed by atoms with E-state index in [1.165, 1.54) is 27.8 Å². The van der Waals surface area contributed by atoms with Crippen molar-refractivity contribution in [1.29, 1.82) is 0 Å². The summed E-state index contributed by atoms with van der Waals surface area (Å²) in [6.07, 6.45) is 3.76. The number of rotatable bonds is 4. The lowest BCUT2D eigenvalue weighted by Crippen LogP contribution is -2.23. The van der Waals surface area contributed by atoms with Crippen LogP contribution in [0.25, 0.3) is 0 Å². The molecule has 0 saturated carbocycles. The molecule has 2 nitrogen and oxygen atoms in total. The van der Waals surface area contributed by atoms with E-state index in [-0.39, 0.29) is 6.04 Å². The Bertz CT molecular complexity index is 608. The van der Waals surface area contributed by atoms with Gasteiger partial charge in [-0.3, -0.25) is 4.98 Å². The maximum Gasteiger partial charge on any atom is 0.0594 e. The van der Waals surface area contributed by atoms with Gasteiger partial charge in [-0.25, -0.2) is 0 Å². The van der Waals surface area contributed by atoms with Gasteiger partial charge in [0.2, 0.25) is 0 Å². The highest BCUT2D eigenvalue weighted by molar-refractivity contribution is 9.10. The molecule has 0 spiro atoms. The fourth-order valence-electron chi connectivity index (χ4n) is 2.49. The third kappa shape index (κ3) is 3.28. The number of hydrogen-bond donors (Lipinski definition) is 1. The van der Waals surface area contributed by atoms with Crippen molar-refractivity contribution in [2.75, 3.05) is 6.54 Å². The first-order valence-electron chi connectivity index (χ1n) is 6.94. The zero-order valence-electron chi connectivity index (χ0n) is 12.5. The number of nitrogens with zero attached hydrogens (tertiary/aromatic N) is 1. The Labute approximate surface area is 129 Å². The molecule has 0 aliphatic rings. The molecule has 1 aromatic heterocycles. The molecule has 1 heterocycles.